The molecule has 0 aliphatic carbocycles. The Labute approximate surface area is 133 Å². The van der Waals surface area contributed by atoms with E-state index in [1.165, 1.54) is 12.3 Å². The van der Waals surface area contributed by atoms with E-state index in [4.69, 9.17) is 14.6 Å². The van der Waals surface area contributed by atoms with Crippen LogP contribution in [0.3, 0.4) is 0 Å². The van der Waals surface area contributed by atoms with Gasteiger partial charge in [-0.15, -0.1) is 0 Å². The lowest BCUT2D eigenvalue weighted by molar-refractivity contribution is -0.129. The van der Waals surface area contributed by atoms with E-state index in [0.29, 0.717) is 31.3 Å². The third kappa shape index (κ3) is 6.00. The van der Waals surface area contributed by atoms with Crippen molar-refractivity contribution in [2.75, 3.05) is 46.3 Å². The van der Waals surface area contributed by atoms with Gasteiger partial charge in [0.2, 0.25) is 5.91 Å². The van der Waals surface area contributed by atoms with Crippen LogP contribution in [0.1, 0.15) is 10.4 Å². The number of pyridine rings is 1. The molecule has 0 fully saturated rings. The standard InChI is InChI=1S/C14H20N2O5S/c1-20-8-6-16(7-9-21-2)12(17)10-22-13-11(14(18)19)4-3-5-15-13/h3-5H,6-10H2,1-2H3,(H,18,19). The predicted molar refractivity (Wildman–Crippen MR) is 82.3 cm³/mol. The molecule has 1 N–H and O–H groups in total. The van der Waals surface area contributed by atoms with Crippen molar-refractivity contribution in [1.82, 2.24) is 9.88 Å². The molecule has 1 aromatic rings. The summed E-state index contributed by atoms with van der Waals surface area (Å²) in [6, 6.07) is 3.02. The monoisotopic (exact) mass is 328 g/mol. The van der Waals surface area contributed by atoms with Gasteiger partial charge in [-0.25, -0.2) is 9.78 Å². The van der Waals surface area contributed by atoms with Crippen molar-refractivity contribution in [1.29, 1.82) is 0 Å². The lowest BCUT2D eigenvalue weighted by Crippen LogP contribution is -2.37. The van der Waals surface area contributed by atoms with Gasteiger partial charge < -0.3 is 19.5 Å². The van der Waals surface area contributed by atoms with Gasteiger partial charge in [0, 0.05) is 33.5 Å². The summed E-state index contributed by atoms with van der Waals surface area (Å²) < 4.78 is 9.97. The normalized spacial score (nSPS) is 10.5. The minimum absolute atomic E-state index is 0.0978. The zero-order chi connectivity index (χ0) is 16.4. The fourth-order valence-electron chi connectivity index (χ4n) is 1.65. The maximum absolute atomic E-state index is 12.2. The van der Waals surface area contributed by atoms with Crippen LogP contribution >= 0.6 is 11.8 Å². The van der Waals surface area contributed by atoms with Gasteiger partial charge in [-0.2, -0.15) is 0 Å². The van der Waals surface area contributed by atoms with E-state index in [-0.39, 0.29) is 17.2 Å². The molecule has 1 amide bonds. The molecule has 0 aliphatic rings. The first-order valence-electron chi connectivity index (χ1n) is 6.67. The molecule has 0 radical (unpaired) electrons. The highest BCUT2D eigenvalue weighted by atomic mass is 32.2. The molecule has 0 aromatic carbocycles. The van der Waals surface area contributed by atoms with Gasteiger partial charge in [-0.1, -0.05) is 11.8 Å². The highest BCUT2D eigenvalue weighted by Gasteiger charge is 2.16. The molecule has 22 heavy (non-hydrogen) atoms. The van der Waals surface area contributed by atoms with Crippen molar-refractivity contribution in [3.05, 3.63) is 23.9 Å². The molecular formula is C14H20N2O5S. The van der Waals surface area contributed by atoms with Crippen LogP contribution in [-0.2, 0) is 14.3 Å². The quantitative estimate of drug-likeness (QED) is 0.641. The van der Waals surface area contributed by atoms with Gasteiger partial charge in [-0.05, 0) is 12.1 Å². The van der Waals surface area contributed by atoms with Crippen LogP contribution in [0.25, 0.3) is 0 Å². The lowest BCUT2D eigenvalue weighted by Gasteiger charge is -2.21. The topological polar surface area (TPSA) is 89.0 Å². The summed E-state index contributed by atoms with van der Waals surface area (Å²) in [4.78, 5) is 29.0. The second-order valence-electron chi connectivity index (χ2n) is 4.32. The Bertz CT molecular complexity index is 490. The highest BCUT2D eigenvalue weighted by molar-refractivity contribution is 8.00. The number of carbonyl (C=O) groups is 2. The van der Waals surface area contributed by atoms with Crippen molar-refractivity contribution in [3.8, 4) is 0 Å². The van der Waals surface area contributed by atoms with Crippen LogP contribution in [0.15, 0.2) is 23.4 Å². The number of nitrogens with zero attached hydrogens (tertiary/aromatic N) is 2. The Hall–Kier alpha value is -1.64. The first-order valence-corrected chi connectivity index (χ1v) is 7.65. The number of carbonyl (C=O) groups excluding carboxylic acids is 1. The summed E-state index contributed by atoms with van der Waals surface area (Å²) in [5, 5.41) is 9.43. The zero-order valence-corrected chi connectivity index (χ0v) is 13.5. The molecule has 0 saturated carbocycles. The minimum atomic E-state index is -1.06. The number of rotatable bonds is 10. The fourth-order valence-corrected chi connectivity index (χ4v) is 2.54. The van der Waals surface area contributed by atoms with Crippen LogP contribution in [0, 0.1) is 0 Å². The minimum Gasteiger partial charge on any atom is -0.478 e. The van der Waals surface area contributed by atoms with Gasteiger partial charge in [0.25, 0.3) is 0 Å². The molecule has 0 bridgehead atoms. The molecule has 1 heterocycles. The molecule has 0 atom stereocenters. The molecule has 8 heteroatoms. The number of carboxylic acids is 1. The van der Waals surface area contributed by atoms with E-state index in [1.807, 2.05) is 0 Å². The summed E-state index contributed by atoms with van der Waals surface area (Å²) in [7, 11) is 3.14. The smallest absolute Gasteiger partial charge is 0.338 e. The average Bonchev–Trinajstić information content (AvgIpc) is 2.53. The van der Waals surface area contributed by atoms with Crippen LogP contribution in [0.4, 0.5) is 0 Å². The third-order valence-corrected chi connectivity index (χ3v) is 3.81. The SMILES string of the molecule is COCCN(CCOC)C(=O)CSc1ncccc1C(=O)O. The number of thioether (sulfide) groups is 1. The molecule has 7 nitrogen and oxygen atoms in total. The number of aromatic carboxylic acids is 1. The Kier molecular flexibility index (Phi) is 8.49. The van der Waals surface area contributed by atoms with Crippen LogP contribution in [0.5, 0.6) is 0 Å². The van der Waals surface area contributed by atoms with Gasteiger partial charge >= 0.3 is 5.97 Å². The molecule has 0 aliphatic heterocycles. The number of amides is 1. The Morgan fingerprint density at radius 3 is 2.45 bits per heavy atom. The second-order valence-corrected chi connectivity index (χ2v) is 5.28. The van der Waals surface area contributed by atoms with E-state index >= 15 is 0 Å². The van der Waals surface area contributed by atoms with E-state index in [9.17, 15) is 9.59 Å². The number of carboxylic acid groups (broad SMARTS) is 1. The maximum atomic E-state index is 12.2. The molecular weight excluding hydrogens is 308 g/mol. The number of methoxy groups -OCH3 is 2. The average molecular weight is 328 g/mol. The molecule has 1 aromatic heterocycles. The van der Waals surface area contributed by atoms with Crippen molar-refractivity contribution in [3.63, 3.8) is 0 Å². The van der Waals surface area contributed by atoms with Gasteiger partial charge in [0.05, 0.1) is 24.5 Å². The Balaban J connectivity index is 2.63. The van der Waals surface area contributed by atoms with E-state index in [0.717, 1.165) is 11.8 Å². The lowest BCUT2D eigenvalue weighted by atomic mass is 10.3. The number of aromatic nitrogens is 1. The molecule has 0 saturated heterocycles. The first-order chi connectivity index (χ1) is 10.6. The van der Waals surface area contributed by atoms with Crippen molar-refractivity contribution in [2.24, 2.45) is 0 Å². The van der Waals surface area contributed by atoms with Crippen molar-refractivity contribution < 1.29 is 24.2 Å². The summed E-state index contributed by atoms with van der Waals surface area (Å²) in [5.41, 5.74) is 0.0978. The van der Waals surface area contributed by atoms with Gasteiger partial charge in [0.15, 0.2) is 0 Å². The highest BCUT2D eigenvalue weighted by Crippen LogP contribution is 2.20. The van der Waals surface area contributed by atoms with E-state index in [2.05, 4.69) is 4.98 Å². The Morgan fingerprint density at radius 2 is 1.91 bits per heavy atom. The fraction of sp³-hybridized carbons (Fsp3) is 0.500. The maximum Gasteiger partial charge on any atom is 0.338 e. The predicted octanol–water partition coefficient (Wildman–Crippen LogP) is 0.993. The first kappa shape index (κ1) is 18.4. The van der Waals surface area contributed by atoms with Crippen LogP contribution in [0.2, 0.25) is 0 Å². The summed E-state index contributed by atoms with van der Waals surface area (Å²) in [6.07, 6.45) is 1.51. The molecule has 0 spiro atoms. The van der Waals surface area contributed by atoms with E-state index in [1.54, 1.807) is 25.2 Å². The second kappa shape index (κ2) is 10.1. The molecule has 122 valence electrons. The third-order valence-electron chi connectivity index (χ3n) is 2.82. The Morgan fingerprint density at radius 1 is 1.27 bits per heavy atom. The summed E-state index contributed by atoms with van der Waals surface area (Å²) in [5.74, 6) is -1.05. The molecule has 0 unspecified atom stereocenters. The number of ether oxygens (including phenoxy) is 2. The number of hydrogen-bond acceptors (Lipinski definition) is 6. The van der Waals surface area contributed by atoms with Crippen LogP contribution < -0.4 is 0 Å². The van der Waals surface area contributed by atoms with Crippen LogP contribution in [-0.4, -0.2) is 73.1 Å². The van der Waals surface area contributed by atoms with Gasteiger partial charge in [0.1, 0.15) is 5.03 Å². The van der Waals surface area contributed by atoms with E-state index < -0.39 is 5.97 Å². The number of hydrogen-bond donors (Lipinski definition) is 1. The summed E-state index contributed by atoms with van der Waals surface area (Å²) in [6.45, 7) is 1.80. The zero-order valence-electron chi connectivity index (χ0n) is 12.7. The van der Waals surface area contributed by atoms with Gasteiger partial charge in [-0.3, -0.25) is 4.79 Å². The summed E-state index contributed by atoms with van der Waals surface area (Å²) >= 11 is 1.11. The molecule has 1 rings (SSSR count). The van der Waals surface area contributed by atoms with Crippen molar-refractivity contribution in [2.45, 2.75) is 5.03 Å². The van der Waals surface area contributed by atoms with Crippen molar-refractivity contribution >= 4 is 23.6 Å². The largest absolute Gasteiger partial charge is 0.478 e.